The monoisotopic (exact) mass is 455 g/mol. The molecule has 0 radical (unpaired) electrons. The maximum absolute atomic E-state index is 13.3. The van der Waals surface area contributed by atoms with E-state index in [0.717, 1.165) is 16.7 Å². The molecular formula is C27H25N3O4. The maximum Gasteiger partial charge on any atom is 0.270 e. The first-order chi connectivity index (χ1) is 16.6. The van der Waals surface area contributed by atoms with Crippen LogP contribution in [0, 0.1) is 0 Å². The van der Waals surface area contributed by atoms with Gasteiger partial charge in [-0.2, -0.15) is 0 Å². The number of ether oxygens (including phenoxy) is 3. The molecular weight excluding hydrogens is 430 g/mol. The molecule has 2 aromatic carbocycles. The van der Waals surface area contributed by atoms with Crippen LogP contribution in [0.1, 0.15) is 27.7 Å². The summed E-state index contributed by atoms with van der Waals surface area (Å²) in [5.41, 5.74) is 3.46. The lowest BCUT2D eigenvalue weighted by Crippen LogP contribution is -2.30. The molecule has 7 heteroatoms. The number of benzene rings is 2. The van der Waals surface area contributed by atoms with Gasteiger partial charge in [0.2, 0.25) is 0 Å². The van der Waals surface area contributed by atoms with Crippen molar-refractivity contribution in [1.82, 2.24) is 15.3 Å². The fourth-order valence-corrected chi connectivity index (χ4v) is 3.72. The highest BCUT2D eigenvalue weighted by atomic mass is 16.5. The zero-order valence-electron chi connectivity index (χ0n) is 19.2. The molecule has 34 heavy (non-hydrogen) atoms. The second-order valence-electron chi connectivity index (χ2n) is 7.41. The van der Waals surface area contributed by atoms with Gasteiger partial charge < -0.3 is 19.5 Å². The Balaban J connectivity index is 1.67. The van der Waals surface area contributed by atoms with Gasteiger partial charge in [0.15, 0.2) is 11.5 Å². The summed E-state index contributed by atoms with van der Waals surface area (Å²) < 4.78 is 16.3. The van der Waals surface area contributed by atoms with Gasteiger partial charge in [0.05, 0.1) is 33.1 Å². The Morgan fingerprint density at radius 2 is 1.53 bits per heavy atom. The highest BCUT2D eigenvalue weighted by Gasteiger charge is 2.22. The van der Waals surface area contributed by atoms with E-state index in [1.807, 2.05) is 60.7 Å². The number of rotatable bonds is 8. The van der Waals surface area contributed by atoms with Gasteiger partial charge in [0.25, 0.3) is 5.91 Å². The zero-order valence-corrected chi connectivity index (χ0v) is 19.2. The minimum Gasteiger partial charge on any atom is -0.496 e. The fourth-order valence-electron chi connectivity index (χ4n) is 3.72. The molecule has 1 unspecified atom stereocenters. The van der Waals surface area contributed by atoms with E-state index in [-0.39, 0.29) is 5.91 Å². The second-order valence-corrected chi connectivity index (χ2v) is 7.41. The number of methoxy groups -OCH3 is 3. The molecule has 0 saturated carbocycles. The van der Waals surface area contributed by atoms with Crippen molar-refractivity contribution in [3.05, 3.63) is 102 Å². The molecule has 0 saturated heterocycles. The summed E-state index contributed by atoms with van der Waals surface area (Å²) in [6, 6.07) is 21.7. The van der Waals surface area contributed by atoms with Crippen molar-refractivity contribution in [3.63, 3.8) is 0 Å². The van der Waals surface area contributed by atoms with Crippen LogP contribution in [0.3, 0.4) is 0 Å². The number of hydrogen-bond acceptors (Lipinski definition) is 6. The maximum atomic E-state index is 13.3. The van der Waals surface area contributed by atoms with Crippen molar-refractivity contribution in [2.45, 2.75) is 6.04 Å². The predicted octanol–water partition coefficient (Wildman–Crippen LogP) is 4.69. The van der Waals surface area contributed by atoms with Gasteiger partial charge in [0.1, 0.15) is 11.4 Å². The van der Waals surface area contributed by atoms with Gasteiger partial charge in [-0.3, -0.25) is 9.78 Å². The summed E-state index contributed by atoms with van der Waals surface area (Å²) >= 11 is 0. The summed E-state index contributed by atoms with van der Waals surface area (Å²) in [4.78, 5) is 22.0. The first-order valence-electron chi connectivity index (χ1n) is 10.7. The Bertz CT molecular complexity index is 1280. The molecule has 1 atom stereocenters. The van der Waals surface area contributed by atoms with Gasteiger partial charge in [-0.05, 0) is 54.1 Å². The number of pyridine rings is 2. The van der Waals surface area contributed by atoms with Gasteiger partial charge in [0, 0.05) is 23.5 Å². The molecule has 0 fully saturated rings. The molecule has 4 aromatic rings. The third-order valence-electron chi connectivity index (χ3n) is 5.43. The number of amides is 1. The minimum atomic E-state index is -0.446. The molecule has 0 bridgehead atoms. The van der Waals surface area contributed by atoms with E-state index in [2.05, 4.69) is 15.3 Å². The van der Waals surface area contributed by atoms with Crippen molar-refractivity contribution >= 4 is 5.91 Å². The van der Waals surface area contributed by atoms with Gasteiger partial charge in [-0.1, -0.05) is 24.3 Å². The van der Waals surface area contributed by atoms with Crippen LogP contribution in [0.15, 0.2) is 85.2 Å². The summed E-state index contributed by atoms with van der Waals surface area (Å²) in [7, 11) is 4.77. The standard InChI is InChI=1S/C27H25N3O4/c1-32-23-10-5-4-7-20(23)26(18-13-15-28-16-14-18)30-27(31)22-9-6-8-21(29-22)19-11-12-24(33-2)25(17-19)34-3/h4-17,26H,1-3H3,(H,30,31). The average Bonchev–Trinajstić information content (AvgIpc) is 2.91. The van der Waals surface area contributed by atoms with Crippen LogP contribution < -0.4 is 19.5 Å². The molecule has 0 spiro atoms. The lowest BCUT2D eigenvalue weighted by Gasteiger charge is -2.21. The van der Waals surface area contributed by atoms with Crippen molar-refractivity contribution in [3.8, 4) is 28.5 Å². The highest BCUT2D eigenvalue weighted by Crippen LogP contribution is 2.32. The van der Waals surface area contributed by atoms with Crippen molar-refractivity contribution < 1.29 is 19.0 Å². The quantitative estimate of drug-likeness (QED) is 0.415. The van der Waals surface area contributed by atoms with Gasteiger partial charge in [-0.25, -0.2) is 4.98 Å². The van der Waals surface area contributed by atoms with Crippen LogP contribution in [-0.4, -0.2) is 37.2 Å². The molecule has 1 N–H and O–H groups in total. The van der Waals surface area contributed by atoms with E-state index in [1.165, 1.54) is 0 Å². The molecule has 2 heterocycles. The van der Waals surface area contributed by atoms with E-state index in [0.29, 0.717) is 28.6 Å². The van der Waals surface area contributed by atoms with Crippen LogP contribution in [0.4, 0.5) is 0 Å². The van der Waals surface area contributed by atoms with Crippen LogP contribution in [0.5, 0.6) is 17.2 Å². The third kappa shape index (κ3) is 4.83. The summed E-state index contributed by atoms with van der Waals surface area (Å²) in [5, 5.41) is 3.11. The van der Waals surface area contributed by atoms with Crippen LogP contribution >= 0.6 is 0 Å². The Labute approximate surface area is 198 Å². The number of nitrogens with zero attached hydrogens (tertiary/aromatic N) is 2. The van der Waals surface area contributed by atoms with Gasteiger partial charge in [-0.15, -0.1) is 0 Å². The van der Waals surface area contributed by atoms with Crippen molar-refractivity contribution in [2.24, 2.45) is 0 Å². The topological polar surface area (TPSA) is 82.6 Å². The molecule has 0 aliphatic carbocycles. The lowest BCUT2D eigenvalue weighted by molar-refractivity contribution is 0.0937. The number of para-hydroxylation sites is 1. The van der Waals surface area contributed by atoms with Crippen LogP contribution in [0.2, 0.25) is 0 Å². The Morgan fingerprint density at radius 1 is 0.794 bits per heavy atom. The summed E-state index contributed by atoms with van der Waals surface area (Å²) in [5.74, 6) is 1.58. The predicted molar refractivity (Wildman–Crippen MR) is 129 cm³/mol. The molecule has 0 aliphatic heterocycles. The van der Waals surface area contributed by atoms with Crippen LogP contribution in [-0.2, 0) is 0 Å². The van der Waals surface area contributed by atoms with E-state index < -0.39 is 6.04 Å². The average molecular weight is 456 g/mol. The molecule has 4 rings (SSSR count). The molecule has 172 valence electrons. The second kappa shape index (κ2) is 10.5. The minimum absolute atomic E-state index is 0.293. The first-order valence-corrected chi connectivity index (χ1v) is 10.7. The number of carbonyl (C=O) groups excluding carboxylic acids is 1. The number of aromatic nitrogens is 2. The van der Waals surface area contributed by atoms with E-state index in [9.17, 15) is 4.79 Å². The van der Waals surface area contributed by atoms with Crippen LogP contribution in [0.25, 0.3) is 11.3 Å². The number of hydrogen-bond donors (Lipinski definition) is 1. The number of nitrogens with one attached hydrogen (secondary N) is 1. The Kier molecular flexibility index (Phi) is 7.03. The SMILES string of the molecule is COc1ccc(-c2cccc(C(=O)NC(c3ccncc3)c3ccccc3OC)n2)cc1OC. The zero-order chi connectivity index (χ0) is 23.9. The smallest absolute Gasteiger partial charge is 0.270 e. The van der Waals surface area contributed by atoms with E-state index in [4.69, 9.17) is 14.2 Å². The summed E-state index contributed by atoms with van der Waals surface area (Å²) in [6.07, 6.45) is 3.39. The Hall–Kier alpha value is -4.39. The number of carbonyl (C=O) groups is 1. The first kappa shape index (κ1) is 22.8. The molecule has 7 nitrogen and oxygen atoms in total. The fraction of sp³-hybridized carbons (Fsp3) is 0.148. The largest absolute Gasteiger partial charge is 0.496 e. The molecule has 0 aliphatic rings. The van der Waals surface area contributed by atoms with Crippen molar-refractivity contribution in [1.29, 1.82) is 0 Å². The summed E-state index contributed by atoms with van der Waals surface area (Å²) in [6.45, 7) is 0. The van der Waals surface area contributed by atoms with Crippen molar-refractivity contribution in [2.75, 3.05) is 21.3 Å². The Morgan fingerprint density at radius 3 is 2.26 bits per heavy atom. The molecule has 1 amide bonds. The highest BCUT2D eigenvalue weighted by molar-refractivity contribution is 5.93. The molecule has 2 aromatic heterocycles. The van der Waals surface area contributed by atoms with E-state index in [1.54, 1.807) is 45.9 Å². The van der Waals surface area contributed by atoms with Gasteiger partial charge >= 0.3 is 0 Å². The lowest BCUT2D eigenvalue weighted by atomic mass is 9.98. The third-order valence-corrected chi connectivity index (χ3v) is 5.43. The van der Waals surface area contributed by atoms with E-state index >= 15 is 0 Å². The normalized spacial score (nSPS) is 11.4.